The van der Waals surface area contributed by atoms with Crippen molar-refractivity contribution >= 4 is 44.1 Å². The van der Waals surface area contributed by atoms with Crippen molar-refractivity contribution in [1.29, 1.82) is 0 Å². The van der Waals surface area contributed by atoms with Crippen LogP contribution < -0.4 is 10.2 Å². The van der Waals surface area contributed by atoms with Gasteiger partial charge in [0, 0.05) is 17.9 Å². The maximum Gasteiger partial charge on any atom is 0.305 e. The molecule has 4 N–H and O–H groups in total. The smallest absolute Gasteiger partial charge is 0.305 e. The van der Waals surface area contributed by atoms with Crippen molar-refractivity contribution in [3.8, 4) is 5.75 Å². The van der Waals surface area contributed by atoms with Crippen LogP contribution in [-0.4, -0.2) is 53.0 Å². The summed E-state index contributed by atoms with van der Waals surface area (Å²) < 4.78 is 6.44. The van der Waals surface area contributed by atoms with Crippen molar-refractivity contribution in [2.75, 3.05) is 37.8 Å². The summed E-state index contributed by atoms with van der Waals surface area (Å²) in [6.45, 7) is 2.68. The molecule has 6 nitrogen and oxygen atoms in total. The molecule has 0 fully saturated rings. The van der Waals surface area contributed by atoms with Gasteiger partial charge in [0.2, 0.25) is 0 Å². The van der Waals surface area contributed by atoms with Gasteiger partial charge in [-0.15, -0.1) is 0 Å². The fraction of sp³-hybridized carbons (Fsp3) is 0.346. The van der Waals surface area contributed by atoms with Crippen molar-refractivity contribution < 1.29 is 14.9 Å². The van der Waals surface area contributed by atoms with E-state index in [9.17, 15) is 15.0 Å². The number of fused-ring (bicyclic) bond motifs is 2. The lowest BCUT2D eigenvalue weighted by Gasteiger charge is -2.13. The number of aromatic hydroxyl groups is 1. The van der Waals surface area contributed by atoms with Gasteiger partial charge in [-0.05, 0) is 47.5 Å². The van der Waals surface area contributed by atoms with Crippen molar-refractivity contribution in [2.45, 2.75) is 18.9 Å². The van der Waals surface area contributed by atoms with E-state index in [-0.39, 0.29) is 10.6 Å². The molecule has 34 heavy (non-hydrogen) atoms. The fourth-order valence-corrected chi connectivity index (χ4v) is 5.67. The number of benzene rings is 3. The quantitative estimate of drug-likeness (QED) is 0.204. The summed E-state index contributed by atoms with van der Waals surface area (Å²) >= 11 is 2.88. The summed E-state index contributed by atoms with van der Waals surface area (Å²) in [5, 5.41) is 26.2. The molecule has 0 aliphatic rings. The number of aliphatic hydroxyl groups is 1. The molecule has 0 spiro atoms. The van der Waals surface area contributed by atoms with Gasteiger partial charge in [-0.25, -0.2) is 0 Å². The predicted octanol–water partition coefficient (Wildman–Crippen LogP) is 4.45. The molecule has 3 aromatic carbocycles. The van der Waals surface area contributed by atoms with E-state index in [1.54, 1.807) is 6.07 Å². The topological polar surface area (TPSA) is 94.6 Å². The summed E-state index contributed by atoms with van der Waals surface area (Å²) in [5.41, 5.74) is 2.37. The number of H-pyrrole nitrogens is 1. The summed E-state index contributed by atoms with van der Waals surface area (Å²) in [7, 11) is 0. The van der Waals surface area contributed by atoms with Crippen LogP contribution in [-0.2, 0) is 11.2 Å². The maximum atomic E-state index is 11.6. The van der Waals surface area contributed by atoms with E-state index in [4.69, 9.17) is 4.74 Å². The first-order valence-corrected chi connectivity index (χ1v) is 13.5. The number of phenols is 1. The van der Waals surface area contributed by atoms with Crippen LogP contribution in [0.3, 0.4) is 0 Å². The first-order chi connectivity index (χ1) is 16.6. The number of phenolic OH excluding ortho intramolecular Hbond substituents is 1. The summed E-state index contributed by atoms with van der Waals surface area (Å²) in [4.78, 5) is 14.0. The molecule has 4 rings (SSSR count). The molecular formula is C26H30N2O4S2. The molecule has 8 heteroatoms. The minimum atomic E-state index is -0.739. The number of hydrogen-bond acceptors (Lipinski definition) is 7. The van der Waals surface area contributed by atoms with Gasteiger partial charge in [-0.2, -0.15) is 11.8 Å². The monoisotopic (exact) mass is 498 g/mol. The van der Waals surface area contributed by atoms with Crippen molar-refractivity contribution in [3.63, 3.8) is 0 Å². The Morgan fingerprint density at radius 3 is 2.82 bits per heavy atom. The van der Waals surface area contributed by atoms with E-state index in [1.807, 2.05) is 11.8 Å². The van der Waals surface area contributed by atoms with Gasteiger partial charge in [-0.1, -0.05) is 59.9 Å². The molecule has 1 unspecified atom stereocenters. The van der Waals surface area contributed by atoms with Crippen LogP contribution in [0.5, 0.6) is 5.75 Å². The zero-order valence-electron chi connectivity index (χ0n) is 19.0. The highest BCUT2D eigenvalue weighted by molar-refractivity contribution is 7.99. The number of hydrogen-bond donors (Lipinski definition) is 4. The molecule has 0 aliphatic carbocycles. The van der Waals surface area contributed by atoms with Gasteiger partial charge in [-0.3, -0.25) is 4.79 Å². The average molecular weight is 499 g/mol. The molecule has 1 heterocycles. The third-order valence-electron chi connectivity index (χ3n) is 5.69. The Bertz CT molecular complexity index is 1270. The van der Waals surface area contributed by atoms with E-state index >= 15 is 0 Å². The molecule has 180 valence electrons. The minimum Gasteiger partial charge on any atom is -0.506 e. The highest BCUT2D eigenvalue weighted by Gasteiger charge is 2.15. The van der Waals surface area contributed by atoms with E-state index in [0.717, 1.165) is 55.4 Å². The second-order valence-electron chi connectivity index (χ2n) is 8.08. The van der Waals surface area contributed by atoms with E-state index < -0.39 is 6.10 Å². The molecule has 0 bridgehead atoms. The molecule has 1 atom stereocenters. The Morgan fingerprint density at radius 1 is 1.06 bits per heavy atom. The number of aromatic amines is 1. The number of thiazole rings is 1. The van der Waals surface area contributed by atoms with Crippen LogP contribution in [0.25, 0.3) is 21.0 Å². The number of ether oxygens (including phenoxy) is 1. The lowest BCUT2D eigenvalue weighted by Crippen LogP contribution is -2.23. The van der Waals surface area contributed by atoms with Crippen LogP contribution in [0.4, 0.5) is 0 Å². The summed E-state index contributed by atoms with van der Waals surface area (Å²) in [5.74, 6) is 2.01. The number of thioether (sulfide) groups is 1. The van der Waals surface area contributed by atoms with Gasteiger partial charge in [0.15, 0.2) is 0 Å². The molecule has 0 saturated heterocycles. The molecule has 0 saturated carbocycles. The summed E-state index contributed by atoms with van der Waals surface area (Å²) in [6, 6.07) is 18.1. The van der Waals surface area contributed by atoms with Crippen LogP contribution in [0.1, 0.15) is 23.7 Å². The molecule has 1 aromatic heterocycles. The van der Waals surface area contributed by atoms with Crippen LogP contribution in [0, 0.1) is 0 Å². The Morgan fingerprint density at radius 2 is 1.91 bits per heavy atom. The minimum absolute atomic E-state index is 0.0202. The third kappa shape index (κ3) is 6.40. The zero-order chi connectivity index (χ0) is 23.8. The lowest BCUT2D eigenvalue weighted by molar-refractivity contribution is 0.153. The maximum absolute atomic E-state index is 11.6. The average Bonchev–Trinajstić information content (AvgIpc) is 3.25. The van der Waals surface area contributed by atoms with Crippen LogP contribution in [0.2, 0.25) is 0 Å². The normalized spacial score (nSPS) is 12.5. The number of rotatable bonds is 13. The van der Waals surface area contributed by atoms with Crippen LogP contribution in [0.15, 0.2) is 59.4 Å². The largest absolute Gasteiger partial charge is 0.506 e. The van der Waals surface area contributed by atoms with Crippen LogP contribution >= 0.6 is 23.1 Å². The number of aliphatic hydroxyl groups excluding tert-OH is 1. The first kappa shape index (κ1) is 24.8. The first-order valence-electron chi connectivity index (χ1n) is 11.5. The zero-order valence-corrected chi connectivity index (χ0v) is 20.6. The highest BCUT2D eigenvalue weighted by Crippen LogP contribution is 2.31. The van der Waals surface area contributed by atoms with Crippen molar-refractivity contribution in [3.05, 3.63) is 75.4 Å². The second kappa shape index (κ2) is 12.4. The highest BCUT2D eigenvalue weighted by atomic mass is 32.2. The third-order valence-corrected chi connectivity index (χ3v) is 7.66. The van der Waals surface area contributed by atoms with E-state index in [2.05, 4.69) is 52.8 Å². The molecule has 0 aliphatic heterocycles. The Hall–Kier alpha value is -2.36. The molecule has 0 amide bonds. The summed E-state index contributed by atoms with van der Waals surface area (Å²) in [6.07, 6.45) is 1.18. The number of nitrogens with one attached hydrogen (secondary N) is 2. The molecule has 4 aromatic rings. The van der Waals surface area contributed by atoms with Gasteiger partial charge in [0.1, 0.15) is 11.3 Å². The van der Waals surface area contributed by atoms with Crippen molar-refractivity contribution in [2.24, 2.45) is 0 Å². The second-order valence-corrected chi connectivity index (χ2v) is 10.3. The Balaban J connectivity index is 1.06. The SMILES string of the molecule is O=c1[nH]c2c(O)ccc(C(O)CNCCCSCCOCCc3cccc4ccccc34)c2s1. The number of aromatic nitrogens is 1. The Labute approximate surface area is 207 Å². The van der Waals surface area contributed by atoms with E-state index in [0.29, 0.717) is 22.3 Å². The molecular weight excluding hydrogens is 468 g/mol. The fourth-order valence-electron chi connectivity index (χ4n) is 3.96. The van der Waals surface area contributed by atoms with Gasteiger partial charge in [0.25, 0.3) is 0 Å². The Kier molecular flexibility index (Phi) is 9.01. The van der Waals surface area contributed by atoms with E-state index in [1.165, 1.54) is 22.4 Å². The van der Waals surface area contributed by atoms with Gasteiger partial charge in [0.05, 0.1) is 24.0 Å². The van der Waals surface area contributed by atoms with Gasteiger partial charge >= 0.3 is 4.87 Å². The lowest BCUT2D eigenvalue weighted by atomic mass is 10.0. The standard InChI is InChI=1S/C26H30N2O4S2/c29-22-10-9-21(25-24(22)28-26(31)34-25)23(30)17-27-12-4-15-33-16-14-32-13-11-19-7-3-6-18-5-1-2-8-20(18)19/h1-3,5-10,23,27,29-30H,4,11-17H2,(H,28,31). The van der Waals surface area contributed by atoms with Crippen molar-refractivity contribution in [1.82, 2.24) is 10.3 Å². The van der Waals surface area contributed by atoms with Gasteiger partial charge < -0.3 is 25.3 Å². The molecule has 0 radical (unpaired) electrons. The predicted molar refractivity (Wildman–Crippen MR) is 142 cm³/mol.